The summed E-state index contributed by atoms with van der Waals surface area (Å²) < 4.78 is 2.05. The normalized spacial score (nSPS) is 17.4. The van der Waals surface area contributed by atoms with Crippen LogP contribution in [0, 0.1) is 0 Å². The first kappa shape index (κ1) is 11.5. The van der Waals surface area contributed by atoms with E-state index in [1.807, 2.05) is 51.6 Å². The summed E-state index contributed by atoms with van der Waals surface area (Å²) in [6.45, 7) is 0. The summed E-state index contributed by atoms with van der Waals surface area (Å²) in [6.07, 6.45) is 2.03. The standard InChI is InChI=1S/C14H12IN3/c15-18-10-11-6-4-5-9-13(11)17-14(18)16-12-7-2-1-3-8-12/h1-10,14,16H. The number of rotatable bonds is 2. The average molecular weight is 349 g/mol. The molecular weight excluding hydrogens is 337 g/mol. The third kappa shape index (κ3) is 2.33. The lowest BCUT2D eigenvalue weighted by molar-refractivity contribution is 0.546. The Labute approximate surface area is 119 Å². The van der Waals surface area contributed by atoms with Crippen molar-refractivity contribution in [3.8, 4) is 0 Å². The SMILES string of the molecule is IN1C=c2ccccc2=NC1Nc1ccccc1. The lowest BCUT2D eigenvalue weighted by atomic mass is 10.3. The summed E-state index contributed by atoms with van der Waals surface area (Å²) in [5.41, 5.74) is 1.07. The van der Waals surface area contributed by atoms with Crippen LogP contribution in [-0.4, -0.2) is 9.40 Å². The van der Waals surface area contributed by atoms with Crippen LogP contribution in [0.4, 0.5) is 5.69 Å². The van der Waals surface area contributed by atoms with Gasteiger partial charge in [0.25, 0.3) is 0 Å². The van der Waals surface area contributed by atoms with Crippen LogP contribution in [0.2, 0.25) is 0 Å². The van der Waals surface area contributed by atoms with Gasteiger partial charge in [0.2, 0.25) is 6.29 Å². The number of nitrogens with one attached hydrogen (secondary N) is 1. The van der Waals surface area contributed by atoms with Crippen molar-refractivity contribution in [3.63, 3.8) is 0 Å². The minimum atomic E-state index is -0.0668. The molecule has 0 fully saturated rings. The fourth-order valence-electron chi connectivity index (χ4n) is 1.88. The van der Waals surface area contributed by atoms with Gasteiger partial charge in [-0.05, 0) is 18.2 Å². The van der Waals surface area contributed by atoms with Gasteiger partial charge in [0.05, 0.1) is 28.2 Å². The number of benzene rings is 2. The van der Waals surface area contributed by atoms with Gasteiger partial charge >= 0.3 is 0 Å². The van der Waals surface area contributed by atoms with Gasteiger partial charge in [0.15, 0.2) is 0 Å². The predicted octanol–water partition coefficient (Wildman–Crippen LogP) is 2.11. The highest BCUT2D eigenvalue weighted by atomic mass is 127. The second kappa shape index (κ2) is 4.97. The van der Waals surface area contributed by atoms with Crippen LogP contribution in [0.25, 0.3) is 6.20 Å². The molecule has 1 aliphatic heterocycles. The van der Waals surface area contributed by atoms with E-state index < -0.39 is 0 Å². The third-order valence-corrected chi connectivity index (χ3v) is 3.57. The van der Waals surface area contributed by atoms with E-state index in [1.54, 1.807) is 0 Å². The summed E-state index contributed by atoms with van der Waals surface area (Å²) in [7, 11) is 0. The Bertz CT molecular complexity index is 654. The molecule has 0 amide bonds. The molecule has 3 nitrogen and oxygen atoms in total. The third-order valence-electron chi connectivity index (χ3n) is 2.76. The topological polar surface area (TPSA) is 27.6 Å². The van der Waals surface area contributed by atoms with Gasteiger partial charge < -0.3 is 5.32 Å². The smallest absolute Gasteiger partial charge is 0.205 e. The van der Waals surface area contributed by atoms with Crippen LogP contribution in [0.3, 0.4) is 0 Å². The maximum absolute atomic E-state index is 4.70. The van der Waals surface area contributed by atoms with Gasteiger partial charge in [-0.1, -0.05) is 36.4 Å². The van der Waals surface area contributed by atoms with Crippen molar-refractivity contribution in [1.82, 2.24) is 3.11 Å². The summed E-state index contributed by atoms with van der Waals surface area (Å²) in [4.78, 5) is 4.70. The second-order valence-corrected chi connectivity index (χ2v) is 5.16. The minimum Gasteiger partial charge on any atom is -0.346 e. The van der Waals surface area contributed by atoms with Gasteiger partial charge in [-0.15, -0.1) is 0 Å². The lowest BCUT2D eigenvalue weighted by Crippen LogP contribution is -2.41. The van der Waals surface area contributed by atoms with Gasteiger partial charge in [0, 0.05) is 17.1 Å². The molecule has 0 spiro atoms. The van der Waals surface area contributed by atoms with E-state index in [4.69, 9.17) is 4.99 Å². The Kier molecular flexibility index (Phi) is 3.19. The van der Waals surface area contributed by atoms with Crippen LogP contribution < -0.4 is 15.9 Å². The lowest BCUT2D eigenvalue weighted by Gasteiger charge is -2.25. The highest BCUT2D eigenvalue weighted by Crippen LogP contribution is 2.14. The Balaban J connectivity index is 1.94. The minimum absolute atomic E-state index is 0.0668. The molecule has 0 aromatic heterocycles. The first-order valence-electron chi connectivity index (χ1n) is 5.73. The Hall–Kier alpha value is -1.56. The van der Waals surface area contributed by atoms with Crippen LogP contribution in [-0.2, 0) is 0 Å². The molecule has 1 atom stereocenters. The first-order valence-corrected chi connectivity index (χ1v) is 6.70. The van der Waals surface area contributed by atoms with E-state index in [9.17, 15) is 0 Å². The maximum Gasteiger partial charge on any atom is 0.205 e. The number of anilines is 1. The second-order valence-electron chi connectivity index (χ2n) is 4.05. The van der Waals surface area contributed by atoms with E-state index in [1.165, 1.54) is 0 Å². The van der Waals surface area contributed by atoms with Crippen LogP contribution in [0.1, 0.15) is 0 Å². The molecule has 0 saturated carbocycles. The number of hydrogen-bond acceptors (Lipinski definition) is 3. The zero-order chi connectivity index (χ0) is 12.4. The summed E-state index contributed by atoms with van der Waals surface area (Å²) in [5.74, 6) is 0. The molecule has 0 radical (unpaired) electrons. The summed E-state index contributed by atoms with van der Waals surface area (Å²) >= 11 is 2.26. The number of hydrogen-bond donors (Lipinski definition) is 1. The van der Waals surface area contributed by atoms with Gasteiger partial charge in [0.1, 0.15) is 0 Å². The molecule has 1 N–H and O–H groups in total. The van der Waals surface area contributed by atoms with E-state index >= 15 is 0 Å². The molecule has 2 aromatic carbocycles. The van der Waals surface area contributed by atoms with Gasteiger partial charge in [-0.25, -0.2) is 4.99 Å². The molecule has 2 aromatic rings. The maximum atomic E-state index is 4.70. The Morgan fingerprint density at radius 3 is 2.56 bits per heavy atom. The molecule has 18 heavy (non-hydrogen) atoms. The zero-order valence-corrected chi connectivity index (χ0v) is 11.8. The molecule has 0 saturated heterocycles. The van der Waals surface area contributed by atoms with Crippen LogP contribution in [0.15, 0.2) is 59.6 Å². The van der Waals surface area contributed by atoms with Crippen molar-refractivity contribution >= 4 is 34.8 Å². The van der Waals surface area contributed by atoms with Crippen LogP contribution in [0.5, 0.6) is 0 Å². The number of halogens is 1. The average Bonchev–Trinajstić information content (AvgIpc) is 2.41. The highest BCUT2D eigenvalue weighted by Gasteiger charge is 2.14. The largest absolute Gasteiger partial charge is 0.346 e. The number of para-hydroxylation sites is 2. The van der Waals surface area contributed by atoms with Gasteiger partial charge in [-0.2, -0.15) is 0 Å². The van der Waals surface area contributed by atoms with Crippen molar-refractivity contribution in [2.75, 3.05) is 5.32 Å². The first-order chi connectivity index (χ1) is 8.83. The molecule has 4 heteroatoms. The molecular formula is C14H12IN3. The summed E-state index contributed by atoms with van der Waals surface area (Å²) in [6, 6.07) is 18.3. The molecule has 90 valence electrons. The van der Waals surface area contributed by atoms with Crippen molar-refractivity contribution < 1.29 is 0 Å². The zero-order valence-electron chi connectivity index (χ0n) is 9.62. The molecule has 1 heterocycles. The Morgan fingerprint density at radius 2 is 1.72 bits per heavy atom. The number of fused-ring (bicyclic) bond motifs is 1. The van der Waals surface area contributed by atoms with E-state index in [2.05, 4.69) is 40.4 Å². The molecule has 0 bridgehead atoms. The predicted molar refractivity (Wildman–Crippen MR) is 81.4 cm³/mol. The van der Waals surface area contributed by atoms with Crippen molar-refractivity contribution in [3.05, 3.63) is 65.2 Å². The van der Waals surface area contributed by atoms with Gasteiger partial charge in [-0.3, -0.25) is 3.11 Å². The van der Waals surface area contributed by atoms with Crippen LogP contribution >= 0.6 is 22.9 Å². The highest BCUT2D eigenvalue weighted by molar-refractivity contribution is 14.1. The summed E-state index contributed by atoms with van der Waals surface area (Å²) in [5, 5.41) is 5.57. The fourth-order valence-corrected chi connectivity index (χ4v) is 2.45. The molecule has 1 unspecified atom stereocenters. The van der Waals surface area contributed by atoms with Crippen molar-refractivity contribution in [2.24, 2.45) is 4.99 Å². The fraction of sp³-hybridized carbons (Fsp3) is 0.0714. The number of nitrogens with zero attached hydrogens (tertiary/aromatic N) is 2. The van der Waals surface area contributed by atoms with E-state index in [-0.39, 0.29) is 6.29 Å². The Morgan fingerprint density at radius 1 is 1.00 bits per heavy atom. The molecule has 1 aliphatic rings. The molecule has 0 aliphatic carbocycles. The monoisotopic (exact) mass is 349 g/mol. The van der Waals surface area contributed by atoms with E-state index in [0.717, 1.165) is 16.3 Å². The van der Waals surface area contributed by atoms with E-state index in [0.29, 0.717) is 0 Å². The van der Waals surface area contributed by atoms with Crippen molar-refractivity contribution in [1.29, 1.82) is 0 Å². The van der Waals surface area contributed by atoms with Crippen molar-refractivity contribution in [2.45, 2.75) is 6.29 Å². The molecule has 3 rings (SSSR count). The quantitative estimate of drug-likeness (QED) is 0.664.